The van der Waals surface area contributed by atoms with Gasteiger partial charge in [0.1, 0.15) is 5.69 Å². The number of carbonyl (C=O) groups excluding carboxylic acids is 2. The molecule has 2 aliphatic heterocycles. The van der Waals surface area contributed by atoms with E-state index in [1.54, 1.807) is 12.4 Å². The van der Waals surface area contributed by atoms with Crippen LogP contribution >= 0.6 is 0 Å². The lowest BCUT2D eigenvalue weighted by Gasteiger charge is -2.42. The van der Waals surface area contributed by atoms with E-state index < -0.39 is 0 Å². The summed E-state index contributed by atoms with van der Waals surface area (Å²) in [7, 11) is 0. The summed E-state index contributed by atoms with van der Waals surface area (Å²) < 4.78 is 0. The Hall–Kier alpha value is -2.60. The molecule has 3 heterocycles. The molecule has 2 aromatic rings. The van der Waals surface area contributed by atoms with Gasteiger partial charge in [-0.25, -0.2) is 4.98 Å². The van der Waals surface area contributed by atoms with Crippen LogP contribution in [-0.4, -0.2) is 63.7 Å². The zero-order valence-electron chi connectivity index (χ0n) is 16.0. The summed E-state index contributed by atoms with van der Waals surface area (Å²) in [6, 6.07) is 10.1. The first kappa shape index (κ1) is 18.7. The number of nitrogens with zero attached hydrogens (tertiary/aromatic N) is 4. The number of aromatic nitrogens is 2. The zero-order valence-corrected chi connectivity index (χ0v) is 16.0. The lowest BCUT2D eigenvalue weighted by atomic mass is 9.88. The molecule has 0 N–H and O–H groups in total. The number of likely N-dealkylation sites (tertiary alicyclic amines) is 2. The molecule has 0 saturated carbocycles. The van der Waals surface area contributed by atoms with Crippen LogP contribution in [-0.2, 0) is 0 Å². The highest BCUT2D eigenvalue weighted by molar-refractivity contribution is 5.98. The molecule has 2 saturated heterocycles. The average Bonchev–Trinajstić information content (AvgIpc) is 2.79. The van der Waals surface area contributed by atoms with Gasteiger partial charge < -0.3 is 4.90 Å². The molecule has 6 heteroatoms. The Labute approximate surface area is 165 Å². The van der Waals surface area contributed by atoms with Crippen molar-refractivity contribution in [3.63, 3.8) is 0 Å². The first-order valence-corrected chi connectivity index (χ1v) is 10.1. The SMILES string of the molecule is O=C(c1ccccc1)[C@@H]1CCCN(C2CCN(C(=O)c3cnccn3)CC2)C1. The average molecular weight is 378 g/mol. The Balaban J connectivity index is 1.33. The number of rotatable bonds is 4. The van der Waals surface area contributed by atoms with E-state index in [0.29, 0.717) is 11.7 Å². The predicted octanol–water partition coefficient (Wildman–Crippen LogP) is 2.68. The summed E-state index contributed by atoms with van der Waals surface area (Å²) in [5.74, 6) is 0.304. The minimum Gasteiger partial charge on any atom is -0.337 e. The fraction of sp³-hybridized carbons (Fsp3) is 0.455. The van der Waals surface area contributed by atoms with Crippen LogP contribution in [0.1, 0.15) is 46.5 Å². The van der Waals surface area contributed by atoms with Crippen molar-refractivity contribution >= 4 is 11.7 Å². The molecule has 146 valence electrons. The standard InChI is InChI=1S/C22H26N4O2/c27-21(17-5-2-1-3-6-17)18-7-4-12-26(16-18)19-8-13-25(14-9-19)22(28)20-15-23-10-11-24-20/h1-3,5-6,10-11,15,18-19H,4,7-9,12-14,16H2/t18-/m1/s1. The number of hydrogen-bond acceptors (Lipinski definition) is 5. The highest BCUT2D eigenvalue weighted by Crippen LogP contribution is 2.26. The van der Waals surface area contributed by atoms with Gasteiger partial charge in [0.05, 0.1) is 6.20 Å². The monoisotopic (exact) mass is 378 g/mol. The Morgan fingerprint density at radius 3 is 2.46 bits per heavy atom. The van der Waals surface area contributed by atoms with E-state index in [1.165, 1.54) is 6.20 Å². The second-order valence-electron chi connectivity index (χ2n) is 7.68. The second kappa shape index (κ2) is 8.61. The van der Waals surface area contributed by atoms with E-state index >= 15 is 0 Å². The quantitative estimate of drug-likeness (QED) is 0.766. The van der Waals surface area contributed by atoms with Crippen LogP contribution < -0.4 is 0 Å². The van der Waals surface area contributed by atoms with Crippen LogP contribution in [0.25, 0.3) is 0 Å². The predicted molar refractivity (Wildman–Crippen MR) is 106 cm³/mol. The maximum atomic E-state index is 12.8. The van der Waals surface area contributed by atoms with Gasteiger partial charge in [-0.1, -0.05) is 30.3 Å². The van der Waals surface area contributed by atoms with Crippen molar-refractivity contribution in [2.75, 3.05) is 26.2 Å². The number of piperidine rings is 2. The fourth-order valence-electron chi connectivity index (χ4n) is 4.40. The normalized spacial score (nSPS) is 21.4. The van der Waals surface area contributed by atoms with Crippen LogP contribution in [0.3, 0.4) is 0 Å². The van der Waals surface area contributed by atoms with Gasteiger partial charge >= 0.3 is 0 Å². The highest BCUT2D eigenvalue weighted by atomic mass is 16.2. The summed E-state index contributed by atoms with van der Waals surface area (Å²) in [5, 5.41) is 0. The van der Waals surface area contributed by atoms with Crippen LogP contribution in [0, 0.1) is 5.92 Å². The summed E-state index contributed by atoms with van der Waals surface area (Å²) in [6.07, 6.45) is 8.57. The Morgan fingerprint density at radius 1 is 0.964 bits per heavy atom. The third-order valence-electron chi connectivity index (χ3n) is 5.93. The number of carbonyl (C=O) groups is 2. The highest BCUT2D eigenvalue weighted by Gasteiger charge is 2.33. The third kappa shape index (κ3) is 4.12. The summed E-state index contributed by atoms with van der Waals surface area (Å²) in [5.41, 5.74) is 1.23. The maximum absolute atomic E-state index is 12.8. The smallest absolute Gasteiger partial charge is 0.274 e. The number of Topliss-reactive ketones (excluding diaryl/α,β-unsaturated/α-hetero) is 1. The molecule has 0 bridgehead atoms. The first-order chi connectivity index (χ1) is 13.7. The molecule has 1 atom stereocenters. The molecule has 0 radical (unpaired) electrons. The Bertz CT molecular complexity index is 804. The van der Waals surface area contributed by atoms with Gasteiger partial charge in [0, 0.05) is 49.6 Å². The van der Waals surface area contributed by atoms with Gasteiger partial charge in [-0.3, -0.25) is 19.5 Å². The molecule has 6 nitrogen and oxygen atoms in total. The van der Waals surface area contributed by atoms with Crippen LogP contribution in [0.4, 0.5) is 0 Å². The molecule has 28 heavy (non-hydrogen) atoms. The summed E-state index contributed by atoms with van der Waals surface area (Å²) in [4.78, 5) is 37.8. The minimum absolute atomic E-state index is 0.0395. The van der Waals surface area contributed by atoms with Gasteiger partial charge in [-0.05, 0) is 32.2 Å². The Kier molecular flexibility index (Phi) is 5.76. The molecule has 2 fully saturated rings. The third-order valence-corrected chi connectivity index (χ3v) is 5.93. The van der Waals surface area contributed by atoms with Crippen LogP contribution in [0.5, 0.6) is 0 Å². The summed E-state index contributed by atoms with van der Waals surface area (Å²) in [6.45, 7) is 3.33. The second-order valence-corrected chi connectivity index (χ2v) is 7.68. The van der Waals surface area contributed by atoms with Gasteiger partial charge in [0.25, 0.3) is 5.91 Å². The number of amides is 1. The largest absolute Gasteiger partial charge is 0.337 e. The van der Waals surface area contributed by atoms with Gasteiger partial charge in [-0.15, -0.1) is 0 Å². The molecular formula is C22H26N4O2. The van der Waals surface area contributed by atoms with Crippen molar-refractivity contribution in [3.05, 3.63) is 60.2 Å². The first-order valence-electron chi connectivity index (χ1n) is 10.1. The van der Waals surface area contributed by atoms with Crippen molar-refractivity contribution < 1.29 is 9.59 Å². The Morgan fingerprint density at radius 2 is 1.75 bits per heavy atom. The van der Waals surface area contributed by atoms with Gasteiger partial charge in [0.2, 0.25) is 0 Å². The van der Waals surface area contributed by atoms with Crippen molar-refractivity contribution in [3.8, 4) is 0 Å². The molecular weight excluding hydrogens is 352 g/mol. The van der Waals surface area contributed by atoms with Crippen molar-refractivity contribution in [2.45, 2.75) is 31.7 Å². The topological polar surface area (TPSA) is 66.4 Å². The van der Waals surface area contributed by atoms with Gasteiger partial charge in [-0.2, -0.15) is 0 Å². The lowest BCUT2D eigenvalue weighted by molar-refractivity contribution is 0.0502. The van der Waals surface area contributed by atoms with Crippen LogP contribution in [0.15, 0.2) is 48.9 Å². The number of hydrogen-bond donors (Lipinski definition) is 0. The zero-order chi connectivity index (χ0) is 19.3. The van der Waals surface area contributed by atoms with E-state index in [2.05, 4.69) is 14.9 Å². The molecule has 1 amide bonds. The van der Waals surface area contributed by atoms with Gasteiger partial charge in [0.15, 0.2) is 5.78 Å². The summed E-state index contributed by atoms with van der Waals surface area (Å²) >= 11 is 0. The molecule has 1 aromatic heterocycles. The van der Waals surface area contributed by atoms with E-state index in [4.69, 9.17) is 0 Å². The van der Waals surface area contributed by atoms with E-state index in [0.717, 1.165) is 57.4 Å². The number of benzene rings is 1. The minimum atomic E-state index is -0.0395. The van der Waals surface area contributed by atoms with Crippen molar-refractivity contribution in [1.29, 1.82) is 0 Å². The number of ketones is 1. The van der Waals surface area contributed by atoms with E-state index in [-0.39, 0.29) is 17.6 Å². The fourth-order valence-corrected chi connectivity index (χ4v) is 4.40. The van der Waals surface area contributed by atoms with Crippen molar-refractivity contribution in [2.24, 2.45) is 5.92 Å². The van der Waals surface area contributed by atoms with E-state index in [1.807, 2.05) is 35.2 Å². The lowest BCUT2D eigenvalue weighted by Crippen LogP contribution is -2.50. The molecule has 0 aliphatic carbocycles. The van der Waals surface area contributed by atoms with Crippen molar-refractivity contribution in [1.82, 2.24) is 19.8 Å². The molecule has 2 aliphatic rings. The van der Waals surface area contributed by atoms with Crippen LogP contribution in [0.2, 0.25) is 0 Å². The molecule has 4 rings (SSSR count). The molecule has 0 spiro atoms. The maximum Gasteiger partial charge on any atom is 0.274 e. The molecule has 1 aromatic carbocycles. The van der Waals surface area contributed by atoms with E-state index in [9.17, 15) is 9.59 Å². The molecule has 0 unspecified atom stereocenters.